The van der Waals surface area contributed by atoms with Crippen LogP contribution in [0.1, 0.15) is 11.1 Å². The number of sulfonamides is 1. The second-order valence-electron chi connectivity index (χ2n) is 5.68. The van der Waals surface area contributed by atoms with Crippen LogP contribution in [0.2, 0.25) is 5.02 Å². The zero-order valence-corrected chi connectivity index (χ0v) is 15.8. The maximum absolute atomic E-state index is 12.7. The van der Waals surface area contributed by atoms with E-state index in [2.05, 4.69) is 19.7 Å². The summed E-state index contributed by atoms with van der Waals surface area (Å²) in [6, 6.07) is 3.19. The van der Waals surface area contributed by atoms with E-state index in [9.17, 15) is 17.2 Å². The Morgan fingerprint density at radius 3 is 2.78 bits per heavy atom. The van der Waals surface area contributed by atoms with Crippen molar-refractivity contribution < 1.29 is 21.9 Å². The normalized spacial score (nSPS) is 11.9. The number of halogens is 3. The topological polar surface area (TPSA) is 97.0 Å². The first kappa shape index (κ1) is 19.3. The molecule has 1 aromatic carbocycles. The van der Waals surface area contributed by atoms with Crippen molar-refractivity contribution in [1.82, 2.24) is 15.0 Å². The fraction of sp³-hybridized carbons (Fsp3) is 0.250. The first-order valence-corrected chi connectivity index (χ1v) is 9.56. The number of aryl methyl sites for hydroxylation is 1. The minimum atomic E-state index is -4.04. The van der Waals surface area contributed by atoms with Crippen LogP contribution in [0.15, 0.2) is 29.4 Å². The van der Waals surface area contributed by atoms with Gasteiger partial charge in [-0.05, 0) is 24.6 Å². The molecular formula is C16H15ClF2N4O3S. The summed E-state index contributed by atoms with van der Waals surface area (Å²) in [5, 5.41) is 0.953. The fourth-order valence-electron chi connectivity index (χ4n) is 2.61. The quantitative estimate of drug-likeness (QED) is 0.640. The molecule has 0 aliphatic rings. The summed E-state index contributed by atoms with van der Waals surface area (Å²) >= 11 is 6.05. The average molecular weight is 417 g/mol. The van der Waals surface area contributed by atoms with Crippen molar-refractivity contribution >= 4 is 38.5 Å². The Hall–Kier alpha value is -2.46. The molecular weight excluding hydrogens is 402 g/mol. The lowest BCUT2D eigenvalue weighted by atomic mass is 10.2. The number of fused-ring (bicyclic) bond motifs is 1. The van der Waals surface area contributed by atoms with Crippen LogP contribution < -0.4 is 9.46 Å². The predicted molar refractivity (Wildman–Crippen MR) is 97.1 cm³/mol. The summed E-state index contributed by atoms with van der Waals surface area (Å²) in [6.45, 7) is 1.76. The van der Waals surface area contributed by atoms with E-state index in [0.29, 0.717) is 21.5 Å². The zero-order chi connectivity index (χ0) is 19.8. The van der Waals surface area contributed by atoms with Crippen LogP contribution in [0.5, 0.6) is 5.88 Å². The number of ether oxygens (including phenoxy) is 1. The van der Waals surface area contributed by atoms with Crippen LogP contribution in [0, 0.1) is 6.92 Å². The van der Waals surface area contributed by atoms with Gasteiger partial charge in [0.15, 0.2) is 0 Å². The van der Waals surface area contributed by atoms with Gasteiger partial charge in [-0.3, -0.25) is 0 Å². The van der Waals surface area contributed by atoms with E-state index in [4.69, 9.17) is 16.3 Å². The minimum absolute atomic E-state index is 0.0171. The first-order chi connectivity index (χ1) is 12.7. The maximum Gasteiger partial charge on any atom is 0.266 e. The molecule has 0 spiro atoms. The molecule has 27 heavy (non-hydrogen) atoms. The summed E-state index contributed by atoms with van der Waals surface area (Å²) in [6.07, 6.45) is -0.766. The summed E-state index contributed by atoms with van der Waals surface area (Å²) in [4.78, 5) is 10.5. The zero-order valence-electron chi connectivity index (χ0n) is 14.3. The Morgan fingerprint density at radius 2 is 2.11 bits per heavy atom. The molecule has 0 atom stereocenters. The van der Waals surface area contributed by atoms with E-state index >= 15 is 0 Å². The molecule has 3 aromatic rings. The number of aromatic amines is 1. The molecule has 7 nitrogen and oxygen atoms in total. The largest absolute Gasteiger partial charge is 0.481 e. The lowest BCUT2D eigenvalue weighted by Gasteiger charge is -2.10. The van der Waals surface area contributed by atoms with Gasteiger partial charge in [-0.2, -0.15) is 4.98 Å². The van der Waals surface area contributed by atoms with Crippen molar-refractivity contribution in [2.24, 2.45) is 0 Å². The summed E-state index contributed by atoms with van der Waals surface area (Å²) in [5.41, 5.74) is 1.38. The highest BCUT2D eigenvalue weighted by molar-refractivity contribution is 7.93. The summed E-state index contributed by atoms with van der Waals surface area (Å²) < 4.78 is 57.8. The smallest absolute Gasteiger partial charge is 0.266 e. The van der Waals surface area contributed by atoms with Gasteiger partial charge in [0, 0.05) is 34.8 Å². The number of anilines is 1. The van der Waals surface area contributed by atoms with Gasteiger partial charge in [0.05, 0.1) is 12.6 Å². The molecule has 0 aliphatic carbocycles. The molecule has 2 heterocycles. The van der Waals surface area contributed by atoms with E-state index in [-0.39, 0.29) is 22.3 Å². The Morgan fingerprint density at radius 1 is 1.37 bits per heavy atom. The molecule has 0 fully saturated rings. The van der Waals surface area contributed by atoms with Crippen molar-refractivity contribution in [3.05, 3.63) is 40.7 Å². The summed E-state index contributed by atoms with van der Waals surface area (Å²) in [5.74, 6) is -0.408. The first-order valence-electron chi connectivity index (χ1n) is 7.70. The molecule has 3 rings (SSSR count). The van der Waals surface area contributed by atoms with Crippen LogP contribution >= 0.6 is 11.6 Å². The van der Waals surface area contributed by atoms with Crippen molar-refractivity contribution in [2.45, 2.75) is 24.7 Å². The van der Waals surface area contributed by atoms with Crippen molar-refractivity contribution in [3.8, 4) is 5.88 Å². The van der Waals surface area contributed by atoms with Crippen LogP contribution in [0.3, 0.4) is 0 Å². The Kier molecular flexibility index (Phi) is 5.20. The van der Waals surface area contributed by atoms with E-state index in [0.717, 1.165) is 6.20 Å². The molecule has 0 radical (unpaired) electrons. The van der Waals surface area contributed by atoms with Crippen LogP contribution in [-0.2, 0) is 16.4 Å². The molecule has 0 saturated heterocycles. The van der Waals surface area contributed by atoms with Gasteiger partial charge in [-0.15, -0.1) is 0 Å². The fourth-order valence-corrected chi connectivity index (χ4v) is 3.89. The average Bonchev–Trinajstić information content (AvgIpc) is 3.04. The lowest BCUT2D eigenvalue weighted by molar-refractivity contribution is 0.147. The Labute approximate surface area is 158 Å². The third-order valence-corrected chi connectivity index (χ3v) is 5.70. The van der Waals surface area contributed by atoms with Crippen molar-refractivity contribution in [2.75, 3.05) is 11.8 Å². The minimum Gasteiger partial charge on any atom is -0.481 e. The molecule has 2 aromatic heterocycles. The van der Waals surface area contributed by atoms with Gasteiger partial charge in [-0.1, -0.05) is 11.6 Å². The molecule has 0 bridgehead atoms. The van der Waals surface area contributed by atoms with Gasteiger partial charge in [0.25, 0.3) is 10.0 Å². The van der Waals surface area contributed by atoms with E-state index < -0.39 is 22.9 Å². The second kappa shape index (κ2) is 7.28. The van der Waals surface area contributed by atoms with Crippen molar-refractivity contribution in [3.63, 3.8) is 0 Å². The van der Waals surface area contributed by atoms with Gasteiger partial charge in [0.2, 0.25) is 18.3 Å². The monoisotopic (exact) mass is 416 g/mol. The predicted octanol–water partition coefficient (Wildman–Crippen LogP) is 3.54. The number of hydrogen-bond donors (Lipinski definition) is 2. The third-order valence-electron chi connectivity index (χ3n) is 3.92. The highest BCUT2D eigenvalue weighted by atomic mass is 35.5. The lowest BCUT2D eigenvalue weighted by Crippen LogP contribution is -2.15. The van der Waals surface area contributed by atoms with E-state index in [1.54, 1.807) is 19.1 Å². The second-order valence-corrected chi connectivity index (χ2v) is 7.73. The van der Waals surface area contributed by atoms with Gasteiger partial charge < -0.3 is 9.72 Å². The Bertz CT molecular complexity index is 1100. The standard InChI is InChI=1S/C16H15ClF2N4O3S/c1-8-11(17)4-3-10-12(7-20-14(8)10)27(24,25)23-16-21-6-9(5-13(18)19)15(22-16)26-2/h3-4,6-7,13,20H,5H2,1-2H3,(H,21,22,23). The molecule has 2 N–H and O–H groups in total. The number of methoxy groups -OCH3 is 1. The van der Waals surface area contributed by atoms with Gasteiger partial charge in [0.1, 0.15) is 4.90 Å². The number of benzene rings is 1. The number of aromatic nitrogens is 3. The number of rotatable bonds is 6. The third kappa shape index (κ3) is 3.81. The number of H-pyrrole nitrogens is 1. The molecule has 0 unspecified atom stereocenters. The Balaban J connectivity index is 1.97. The van der Waals surface area contributed by atoms with Crippen LogP contribution in [-0.4, -0.2) is 36.9 Å². The van der Waals surface area contributed by atoms with Gasteiger partial charge >= 0.3 is 0 Å². The highest BCUT2D eigenvalue weighted by Crippen LogP contribution is 2.30. The molecule has 144 valence electrons. The van der Waals surface area contributed by atoms with Crippen LogP contribution in [0.4, 0.5) is 14.7 Å². The molecule has 0 amide bonds. The summed E-state index contributed by atoms with van der Waals surface area (Å²) in [7, 11) is -2.79. The van der Waals surface area contributed by atoms with E-state index in [1.165, 1.54) is 13.3 Å². The molecule has 0 aliphatic heterocycles. The van der Waals surface area contributed by atoms with Crippen molar-refractivity contribution in [1.29, 1.82) is 0 Å². The molecule has 11 heteroatoms. The molecule has 0 saturated carbocycles. The van der Waals surface area contributed by atoms with Gasteiger partial charge in [-0.25, -0.2) is 26.9 Å². The van der Waals surface area contributed by atoms with E-state index in [1.807, 2.05) is 0 Å². The number of nitrogens with zero attached hydrogens (tertiary/aromatic N) is 2. The van der Waals surface area contributed by atoms with Crippen LogP contribution in [0.25, 0.3) is 10.9 Å². The number of hydrogen-bond acceptors (Lipinski definition) is 5. The SMILES string of the molecule is COc1nc(NS(=O)(=O)c2c[nH]c3c(C)c(Cl)ccc23)ncc1CC(F)F. The number of alkyl halides is 2. The number of nitrogens with one attached hydrogen (secondary N) is 2. The highest BCUT2D eigenvalue weighted by Gasteiger charge is 2.22. The maximum atomic E-state index is 12.7.